The predicted octanol–water partition coefficient (Wildman–Crippen LogP) is 2.92. The molecule has 2 N–H and O–H groups in total. The molecule has 21 heavy (non-hydrogen) atoms. The van der Waals surface area contributed by atoms with Gasteiger partial charge < -0.3 is 5.73 Å². The van der Waals surface area contributed by atoms with Crippen LogP contribution in [0.3, 0.4) is 0 Å². The highest BCUT2D eigenvalue weighted by molar-refractivity contribution is 8.03. The summed E-state index contributed by atoms with van der Waals surface area (Å²) in [5.74, 6) is -0.853. The van der Waals surface area contributed by atoms with Gasteiger partial charge in [0.05, 0.1) is 5.56 Å². The molecule has 2 heterocycles. The average Bonchev–Trinajstić information content (AvgIpc) is 2.85. The Balaban J connectivity index is 2.41. The first-order valence-electron chi connectivity index (χ1n) is 5.24. The van der Waals surface area contributed by atoms with Crippen LogP contribution >= 0.6 is 34.9 Å². The van der Waals surface area contributed by atoms with Gasteiger partial charge in [-0.25, -0.2) is 4.98 Å². The fraction of sp³-hybridized carbons (Fsp3) is 0.200. The molecule has 0 fully saturated rings. The van der Waals surface area contributed by atoms with E-state index in [1.807, 2.05) is 0 Å². The number of carbonyl (C=O) groups is 1. The summed E-state index contributed by atoms with van der Waals surface area (Å²) in [7, 11) is 0. The van der Waals surface area contributed by atoms with Gasteiger partial charge in [0, 0.05) is 0 Å². The second kappa shape index (κ2) is 6.20. The minimum Gasteiger partial charge on any atom is -0.366 e. The maximum atomic E-state index is 12.7. The summed E-state index contributed by atoms with van der Waals surface area (Å²) in [6.45, 7) is 0. The summed E-state index contributed by atoms with van der Waals surface area (Å²) in [6, 6.07) is 1.73. The van der Waals surface area contributed by atoms with Crippen molar-refractivity contribution in [2.45, 2.75) is 19.9 Å². The number of amides is 1. The van der Waals surface area contributed by atoms with Gasteiger partial charge in [0.2, 0.25) is 0 Å². The molecule has 0 aromatic carbocycles. The van der Waals surface area contributed by atoms with Crippen LogP contribution in [0, 0.1) is 0 Å². The lowest BCUT2D eigenvalue weighted by Crippen LogP contribution is -2.16. The van der Waals surface area contributed by atoms with Gasteiger partial charge in [0.25, 0.3) is 5.91 Å². The van der Waals surface area contributed by atoms with Crippen LogP contribution in [0.15, 0.2) is 25.8 Å². The van der Waals surface area contributed by atoms with Crippen LogP contribution in [0.5, 0.6) is 0 Å². The SMILES string of the molecule is CSc1nnc(Sc2nc(C(F)(F)F)ccc2C(N)=O)s1. The minimum atomic E-state index is -4.60. The molecule has 2 aromatic rings. The third-order valence-corrected chi connectivity index (χ3v) is 5.12. The van der Waals surface area contributed by atoms with E-state index in [2.05, 4.69) is 15.2 Å². The van der Waals surface area contributed by atoms with Crippen LogP contribution in [0.25, 0.3) is 0 Å². The van der Waals surface area contributed by atoms with Gasteiger partial charge in [-0.15, -0.1) is 10.2 Å². The zero-order valence-corrected chi connectivity index (χ0v) is 12.8. The number of carbonyl (C=O) groups excluding carboxylic acids is 1. The third-order valence-electron chi connectivity index (χ3n) is 2.16. The van der Waals surface area contributed by atoms with E-state index in [4.69, 9.17) is 5.73 Å². The lowest BCUT2D eigenvalue weighted by Gasteiger charge is -2.09. The first-order chi connectivity index (χ1) is 9.81. The second-order valence-electron chi connectivity index (χ2n) is 3.55. The van der Waals surface area contributed by atoms with Crippen molar-refractivity contribution >= 4 is 40.8 Å². The predicted molar refractivity (Wildman–Crippen MR) is 73.6 cm³/mol. The summed E-state index contributed by atoms with van der Waals surface area (Å²) in [6.07, 6.45) is -2.80. The van der Waals surface area contributed by atoms with E-state index >= 15 is 0 Å². The van der Waals surface area contributed by atoms with Crippen molar-refractivity contribution in [3.63, 3.8) is 0 Å². The zero-order chi connectivity index (χ0) is 15.6. The Morgan fingerprint density at radius 1 is 1.29 bits per heavy atom. The van der Waals surface area contributed by atoms with Crippen LogP contribution in [0.1, 0.15) is 16.1 Å². The molecule has 0 saturated heterocycles. The fourth-order valence-corrected chi connectivity index (χ4v) is 3.74. The molecular formula is C10H7F3N4OS3. The first-order valence-corrected chi connectivity index (χ1v) is 8.10. The van der Waals surface area contributed by atoms with E-state index in [0.29, 0.717) is 8.68 Å². The Labute approximate surface area is 129 Å². The molecule has 0 saturated carbocycles. The first kappa shape index (κ1) is 16.0. The van der Waals surface area contributed by atoms with Gasteiger partial charge in [-0.2, -0.15) is 13.2 Å². The van der Waals surface area contributed by atoms with Gasteiger partial charge in [-0.3, -0.25) is 4.79 Å². The highest BCUT2D eigenvalue weighted by Crippen LogP contribution is 2.36. The van der Waals surface area contributed by atoms with Gasteiger partial charge in [-0.1, -0.05) is 23.1 Å². The number of thioether (sulfide) groups is 1. The highest BCUT2D eigenvalue weighted by atomic mass is 32.2. The molecule has 11 heteroatoms. The molecule has 0 aliphatic carbocycles. The molecule has 0 aliphatic rings. The second-order valence-corrected chi connectivity index (χ2v) is 6.82. The Hall–Kier alpha value is -1.33. The number of halogens is 3. The number of rotatable bonds is 4. The molecule has 0 spiro atoms. The summed E-state index contributed by atoms with van der Waals surface area (Å²) >= 11 is 3.38. The van der Waals surface area contributed by atoms with Crippen molar-refractivity contribution in [3.8, 4) is 0 Å². The standard InChI is InChI=1S/C10H7F3N4OS3/c1-19-8-16-17-9(21-8)20-7-4(6(14)18)2-3-5(15-7)10(11,12)13/h2-3H,1H3,(H2,14,18). The summed E-state index contributed by atoms with van der Waals surface area (Å²) in [5.41, 5.74) is 3.97. The van der Waals surface area contributed by atoms with Crippen LogP contribution < -0.4 is 5.73 Å². The Morgan fingerprint density at radius 3 is 2.48 bits per heavy atom. The molecule has 5 nitrogen and oxygen atoms in total. The van der Waals surface area contributed by atoms with Crippen molar-refractivity contribution in [2.75, 3.05) is 6.26 Å². The van der Waals surface area contributed by atoms with E-state index in [9.17, 15) is 18.0 Å². The summed E-state index contributed by atoms with van der Waals surface area (Å²) in [5, 5.41) is 7.50. The number of primary amides is 1. The molecule has 2 aromatic heterocycles. The van der Waals surface area contributed by atoms with Gasteiger partial charge in [0.1, 0.15) is 10.7 Å². The molecule has 0 bridgehead atoms. The number of aromatic nitrogens is 3. The largest absolute Gasteiger partial charge is 0.433 e. The topological polar surface area (TPSA) is 81.8 Å². The molecular weight excluding hydrogens is 345 g/mol. The molecule has 0 aliphatic heterocycles. The van der Waals surface area contributed by atoms with E-state index < -0.39 is 17.8 Å². The van der Waals surface area contributed by atoms with Crippen molar-refractivity contribution in [1.82, 2.24) is 15.2 Å². The Bertz CT molecular complexity index is 674. The van der Waals surface area contributed by atoms with Gasteiger partial charge >= 0.3 is 6.18 Å². The van der Waals surface area contributed by atoms with Crippen molar-refractivity contribution in [1.29, 1.82) is 0 Å². The normalized spacial score (nSPS) is 11.6. The monoisotopic (exact) mass is 352 g/mol. The lowest BCUT2D eigenvalue weighted by molar-refractivity contribution is -0.141. The molecule has 112 valence electrons. The van der Waals surface area contributed by atoms with E-state index in [1.54, 1.807) is 6.26 Å². The lowest BCUT2D eigenvalue weighted by atomic mass is 10.2. The molecule has 2 rings (SSSR count). The summed E-state index contributed by atoms with van der Waals surface area (Å²) in [4.78, 5) is 14.8. The quantitative estimate of drug-likeness (QED) is 0.852. The summed E-state index contributed by atoms with van der Waals surface area (Å²) < 4.78 is 39.1. The fourth-order valence-electron chi connectivity index (χ4n) is 1.27. The van der Waals surface area contributed by atoms with Crippen molar-refractivity contribution in [3.05, 3.63) is 23.4 Å². The number of hydrogen-bond acceptors (Lipinski definition) is 7. The number of nitrogens with zero attached hydrogens (tertiary/aromatic N) is 3. The number of nitrogens with two attached hydrogens (primary N) is 1. The van der Waals surface area contributed by atoms with Crippen LogP contribution in [0.2, 0.25) is 0 Å². The highest BCUT2D eigenvalue weighted by Gasteiger charge is 2.33. The molecule has 0 unspecified atom stereocenters. The third kappa shape index (κ3) is 3.86. The van der Waals surface area contributed by atoms with Crippen LogP contribution in [0.4, 0.5) is 13.2 Å². The zero-order valence-electron chi connectivity index (χ0n) is 10.3. The van der Waals surface area contributed by atoms with Crippen LogP contribution in [-0.2, 0) is 6.18 Å². The van der Waals surface area contributed by atoms with Gasteiger partial charge in [-0.05, 0) is 30.2 Å². The molecule has 1 amide bonds. The van der Waals surface area contributed by atoms with E-state index in [1.165, 1.54) is 23.1 Å². The van der Waals surface area contributed by atoms with Gasteiger partial charge in [0.15, 0.2) is 8.68 Å². The van der Waals surface area contributed by atoms with Crippen LogP contribution in [-0.4, -0.2) is 27.3 Å². The Kier molecular flexibility index (Phi) is 4.74. The Morgan fingerprint density at radius 2 is 1.95 bits per heavy atom. The smallest absolute Gasteiger partial charge is 0.366 e. The number of hydrogen-bond donors (Lipinski definition) is 1. The molecule has 0 atom stereocenters. The maximum Gasteiger partial charge on any atom is 0.433 e. The maximum absolute atomic E-state index is 12.7. The minimum absolute atomic E-state index is 0.0890. The van der Waals surface area contributed by atoms with Crippen molar-refractivity contribution in [2.24, 2.45) is 5.73 Å². The van der Waals surface area contributed by atoms with Crippen molar-refractivity contribution < 1.29 is 18.0 Å². The number of pyridine rings is 1. The van der Waals surface area contributed by atoms with E-state index in [0.717, 1.165) is 23.9 Å². The van der Waals surface area contributed by atoms with E-state index in [-0.39, 0.29) is 10.6 Å². The molecule has 0 radical (unpaired) electrons. The number of alkyl halides is 3. The average molecular weight is 352 g/mol.